The largest absolute Gasteiger partial charge is 0.458 e. The topological polar surface area (TPSA) is 66.8 Å². The van der Waals surface area contributed by atoms with E-state index in [0.717, 1.165) is 5.56 Å². The zero-order valence-corrected chi connectivity index (χ0v) is 11.7. The number of nitrogens with zero attached hydrogens (tertiary/aromatic N) is 1. The van der Waals surface area contributed by atoms with Crippen molar-refractivity contribution in [1.82, 2.24) is 0 Å². The monoisotopic (exact) mass is 275 g/mol. The lowest BCUT2D eigenvalue weighted by Gasteiger charge is -2.60. The molecule has 1 heterocycles. The highest BCUT2D eigenvalue weighted by atomic mass is 16.6. The Balaban J connectivity index is 2.09. The first kappa shape index (κ1) is 13.1. The van der Waals surface area contributed by atoms with E-state index in [-0.39, 0.29) is 12.3 Å². The van der Waals surface area contributed by atoms with Crippen LogP contribution < -0.4 is 4.90 Å². The summed E-state index contributed by atoms with van der Waals surface area (Å²) < 4.78 is 5.30. The number of para-hydroxylation sites is 1. The third-order valence-electron chi connectivity index (χ3n) is 4.39. The Bertz CT molecular complexity index is 614. The van der Waals surface area contributed by atoms with Gasteiger partial charge in [0.2, 0.25) is 5.91 Å². The van der Waals surface area contributed by atoms with E-state index in [1.54, 1.807) is 14.0 Å². The van der Waals surface area contributed by atoms with Gasteiger partial charge in [0.15, 0.2) is 0 Å². The summed E-state index contributed by atoms with van der Waals surface area (Å²) in [4.78, 5) is 25.3. The maximum Gasteiger partial charge on any atom is 0.303 e. The number of aliphatic hydroxyl groups is 1. The summed E-state index contributed by atoms with van der Waals surface area (Å²) in [7, 11) is 1.67. The molecule has 0 bridgehead atoms. The number of ether oxygens (including phenoxy) is 1. The Labute approximate surface area is 117 Å². The number of rotatable bonds is 1. The summed E-state index contributed by atoms with van der Waals surface area (Å²) >= 11 is 0. The Morgan fingerprint density at radius 3 is 2.75 bits per heavy atom. The molecule has 3 atom stereocenters. The normalized spacial score (nSPS) is 34.9. The van der Waals surface area contributed by atoms with Gasteiger partial charge in [0.05, 0.1) is 0 Å². The number of carbonyl (C=O) groups is 2. The minimum absolute atomic E-state index is 0.221. The summed E-state index contributed by atoms with van der Waals surface area (Å²) in [6.45, 7) is 3.01. The van der Waals surface area contributed by atoms with Crippen LogP contribution in [0.3, 0.4) is 0 Å². The van der Waals surface area contributed by atoms with Crippen LogP contribution in [-0.2, 0) is 19.9 Å². The minimum atomic E-state index is -1.25. The summed E-state index contributed by atoms with van der Waals surface area (Å²) in [5.74, 6) is -1.41. The van der Waals surface area contributed by atoms with Crippen LogP contribution in [0.15, 0.2) is 24.3 Å². The molecule has 3 rings (SSSR count). The van der Waals surface area contributed by atoms with Gasteiger partial charge in [-0.15, -0.1) is 0 Å². The van der Waals surface area contributed by atoms with Crippen molar-refractivity contribution in [1.29, 1.82) is 0 Å². The van der Waals surface area contributed by atoms with E-state index in [9.17, 15) is 14.7 Å². The maximum absolute atomic E-state index is 12.5. The van der Waals surface area contributed by atoms with Crippen molar-refractivity contribution < 1.29 is 19.4 Å². The molecule has 1 aliphatic heterocycles. The van der Waals surface area contributed by atoms with E-state index in [1.807, 2.05) is 24.3 Å². The highest BCUT2D eigenvalue weighted by Crippen LogP contribution is 2.60. The molecule has 1 saturated carbocycles. The van der Waals surface area contributed by atoms with Gasteiger partial charge in [0, 0.05) is 31.6 Å². The van der Waals surface area contributed by atoms with Gasteiger partial charge in [-0.2, -0.15) is 0 Å². The van der Waals surface area contributed by atoms with Crippen LogP contribution in [0.25, 0.3) is 0 Å². The van der Waals surface area contributed by atoms with E-state index in [1.165, 1.54) is 11.8 Å². The van der Waals surface area contributed by atoms with Crippen LogP contribution in [0.5, 0.6) is 0 Å². The Kier molecular flexibility index (Phi) is 2.51. The lowest BCUT2D eigenvalue weighted by Crippen LogP contribution is -2.71. The molecule has 1 aliphatic carbocycles. The van der Waals surface area contributed by atoms with Crippen molar-refractivity contribution in [3.8, 4) is 0 Å². The summed E-state index contributed by atoms with van der Waals surface area (Å²) in [5, 5.41) is 10.9. The molecule has 5 nitrogen and oxygen atoms in total. The number of carbonyl (C=O) groups excluding carboxylic acids is 2. The average molecular weight is 275 g/mol. The molecule has 2 aliphatic rings. The van der Waals surface area contributed by atoms with Gasteiger partial charge >= 0.3 is 5.97 Å². The smallest absolute Gasteiger partial charge is 0.303 e. The third kappa shape index (κ3) is 1.47. The molecule has 0 spiro atoms. The van der Waals surface area contributed by atoms with Crippen molar-refractivity contribution in [2.45, 2.75) is 31.5 Å². The Morgan fingerprint density at radius 2 is 2.10 bits per heavy atom. The number of esters is 1. The molecule has 1 amide bonds. The van der Waals surface area contributed by atoms with Crippen molar-refractivity contribution in [3.05, 3.63) is 29.8 Å². The summed E-state index contributed by atoms with van der Waals surface area (Å²) in [6, 6.07) is 7.29. The highest BCUT2D eigenvalue weighted by Gasteiger charge is 2.69. The van der Waals surface area contributed by atoms with Crippen molar-refractivity contribution in [3.63, 3.8) is 0 Å². The molecule has 1 aromatic carbocycles. The third-order valence-corrected chi connectivity index (χ3v) is 4.39. The van der Waals surface area contributed by atoms with Gasteiger partial charge in [-0.05, 0) is 13.0 Å². The number of benzene rings is 1. The second-order valence-corrected chi connectivity index (χ2v) is 5.85. The van der Waals surface area contributed by atoms with Crippen molar-refractivity contribution >= 4 is 17.6 Å². The molecule has 1 N–H and O–H groups in total. The molecule has 1 aromatic rings. The lowest BCUT2D eigenvalue weighted by atomic mass is 9.54. The van der Waals surface area contributed by atoms with Gasteiger partial charge < -0.3 is 14.7 Å². The standard InChI is InChI=1S/C15H17NO4/c1-9(17)20-14(2)8-15(19)10-6-4-5-7-11(10)16(3)13(18)12(14)15/h4-7,12,19H,8H2,1-3H3/t12-,14-,15+/m0/s1. The average Bonchev–Trinajstić information content (AvgIpc) is 2.34. The molecule has 5 heteroatoms. The lowest BCUT2D eigenvalue weighted by molar-refractivity contribution is -0.244. The zero-order chi connectivity index (χ0) is 14.7. The molecule has 0 saturated heterocycles. The van der Waals surface area contributed by atoms with Crippen LogP contribution in [-0.4, -0.2) is 29.6 Å². The molecule has 20 heavy (non-hydrogen) atoms. The van der Waals surface area contributed by atoms with Crippen LogP contribution in [0.4, 0.5) is 5.69 Å². The predicted molar refractivity (Wildman–Crippen MR) is 72.0 cm³/mol. The fraction of sp³-hybridized carbons (Fsp3) is 0.467. The second kappa shape index (κ2) is 3.82. The van der Waals surface area contributed by atoms with E-state index >= 15 is 0 Å². The van der Waals surface area contributed by atoms with Gasteiger partial charge in [-0.25, -0.2) is 0 Å². The molecule has 1 fully saturated rings. The summed E-state index contributed by atoms with van der Waals surface area (Å²) in [6.07, 6.45) is 0.237. The van der Waals surface area contributed by atoms with Crippen LogP contribution >= 0.6 is 0 Å². The Hall–Kier alpha value is -1.88. The van der Waals surface area contributed by atoms with E-state index in [0.29, 0.717) is 5.69 Å². The maximum atomic E-state index is 12.5. The van der Waals surface area contributed by atoms with Gasteiger partial charge in [-0.1, -0.05) is 18.2 Å². The number of anilines is 1. The first-order valence-electron chi connectivity index (χ1n) is 6.59. The van der Waals surface area contributed by atoms with Crippen LogP contribution in [0.1, 0.15) is 25.8 Å². The van der Waals surface area contributed by atoms with Gasteiger partial charge in [0.1, 0.15) is 17.1 Å². The van der Waals surface area contributed by atoms with Crippen LogP contribution in [0, 0.1) is 5.92 Å². The molecule has 106 valence electrons. The first-order chi connectivity index (χ1) is 9.29. The van der Waals surface area contributed by atoms with Crippen LogP contribution in [0.2, 0.25) is 0 Å². The predicted octanol–water partition coefficient (Wildman–Crippen LogP) is 1.19. The Morgan fingerprint density at radius 1 is 1.45 bits per heavy atom. The zero-order valence-electron chi connectivity index (χ0n) is 11.7. The van der Waals surface area contributed by atoms with E-state index < -0.39 is 23.1 Å². The summed E-state index contributed by atoms with van der Waals surface area (Å²) in [5.41, 5.74) is -0.762. The molecule has 0 unspecified atom stereocenters. The van der Waals surface area contributed by atoms with E-state index in [4.69, 9.17) is 4.74 Å². The minimum Gasteiger partial charge on any atom is -0.458 e. The fourth-order valence-corrected chi connectivity index (χ4v) is 3.70. The van der Waals surface area contributed by atoms with Gasteiger partial charge in [0.25, 0.3) is 0 Å². The second-order valence-electron chi connectivity index (χ2n) is 5.85. The van der Waals surface area contributed by atoms with Gasteiger partial charge in [-0.3, -0.25) is 9.59 Å². The molecule has 0 aromatic heterocycles. The highest BCUT2D eigenvalue weighted by molar-refractivity contribution is 6.01. The molecular formula is C15H17NO4. The fourth-order valence-electron chi connectivity index (χ4n) is 3.70. The van der Waals surface area contributed by atoms with E-state index in [2.05, 4.69) is 0 Å². The first-order valence-corrected chi connectivity index (χ1v) is 6.59. The number of hydrogen-bond donors (Lipinski definition) is 1. The number of hydrogen-bond acceptors (Lipinski definition) is 4. The van der Waals surface area contributed by atoms with Crippen molar-refractivity contribution in [2.75, 3.05) is 11.9 Å². The molecular weight excluding hydrogens is 258 g/mol. The SMILES string of the molecule is CC(=O)O[C@@]1(C)C[C@@]2(O)c3ccccc3N(C)C(=O)[C@H]21. The number of amides is 1. The van der Waals surface area contributed by atoms with Crippen molar-refractivity contribution in [2.24, 2.45) is 5.92 Å². The quantitative estimate of drug-likeness (QED) is 0.782. The number of fused-ring (bicyclic) bond motifs is 3. The molecule has 0 radical (unpaired) electrons.